The predicted octanol–water partition coefficient (Wildman–Crippen LogP) is 3.07. The number of allylic oxidation sites excluding steroid dienone is 1. The summed E-state index contributed by atoms with van der Waals surface area (Å²) in [5.41, 5.74) is 3.90. The van der Waals surface area contributed by atoms with Crippen molar-refractivity contribution in [2.75, 3.05) is 19.8 Å². The monoisotopic (exact) mass is 491 g/mol. The third-order valence-corrected chi connectivity index (χ3v) is 9.90. The molecule has 35 heavy (non-hydrogen) atoms. The van der Waals surface area contributed by atoms with Crippen molar-refractivity contribution in [2.45, 2.75) is 89.8 Å². The number of hydrogen-bond acceptors (Lipinski definition) is 8. The van der Waals surface area contributed by atoms with E-state index in [9.17, 15) is 24.6 Å². The van der Waals surface area contributed by atoms with E-state index in [1.165, 1.54) is 0 Å². The number of nitrogens with two attached hydrogens (primary N) is 1. The molecule has 8 heteroatoms. The Balaban J connectivity index is 1.43. The second-order valence-electron chi connectivity index (χ2n) is 11.6. The summed E-state index contributed by atoms with van der Waals surface area (Å²) in [6.07, 6.45) is 6.76. The molecule has 0 aromatic rings. The summed E-state index contributed by atoms with van der Waals surface area (Å²) in [7, 11) is 0. The van der Waals surface area contributed by atoms with Gasteiger partial charge in [0, 0.05) is 11.8 Å². The van der Waals surface area contributed by atoms with Crippen molar-refractivity contribution in [1.29, 1.82) is 0 Å². The number of ketones is 2. The zero-order valence-electron chi connectivity index (χ0n) is 21.1. The van der Waals surface area contributed by atoms with Crippen LogP contribution < -0.4 is 5.73 Å². The number of Topliss-reactive ketones (excluding diaryl/α,β-unsaturated/α-hetero) is 1. The third kappa shape index (κ3) is 4.46. The molecule has 4 aliphatic rings. The number of aliphatic hydroxyl groups excluding tert-OH is 1. The van der Waals surface area contributed by atoms with E-state index in [-0.39, 0.29) is 35.6 Å². The number of carbonyl (C=O) groups excluding carboxylic acids is 3. The average molecular weight is 492 g/mol. The van der Waals surface area contributed by atoms with E-state index in [2.05, 4.69) is 6.92 Å². The van der Waals surface area contributed by atoms with Crippen LogP contribution in [-0.2, 0) is 19.1 Å². The first kappa shape index (κ1) is 26.3. The molecule has 0 bridgehead atoms. The second-order valence-corrected chi connectivity index (χ2v) is 11.6. The Labute approximate surface area is 207 Å². The van der Waals surface area contributed by atoms with Crippen LogP contribution in [0.1, 0.15) is 78.1 Å². The lowest BCUT2D eigenvalue weighted by Crippen LogP contribution is -2.62. The zero-order valence-corrected chi connectivity index (χ0v) is 21.1. The molecule has 0 amide bonds. The minimum absolute atomic E-state index is 0.0108. The van der Waals surface area contributed by atoms with Gasteiger partial charge >= 0.3 is 6.16 Å². The van der Waals surface area contributed by atoms with Crippen molar-refractivity contribution < 1.29 is 34.1 Å². The van der Waals surface area contributed by atoms with Gasteiger partial charge in [0.25, 0.3) is 0 Å². The van der Waals surface area contributed by atoms with Gasteiger partial charge in [-0.1, -0.05) is 19.4 Å². The molecular weight excluding hydrogens is 450 g/mol. The fourth-order valence-corrected chi connectivity index (χ4v) is 8.01. The highest BCUT2D eigenvalue weighted by atomic mass is 16.7. The topological polar surface area (TPSA) is 136 Å². The normalized spacial score (nSPS) is 40.3. The molecule has 0 radical (unpaired) electrons. The third-order valence-electron chi connectivity index (χ3n) is 9.90. The van der Waals surface area contributed by atoms with Crippen LogP contribution in [0.2, 0.25) is 0 Å². The van der Waals surface area contributed by atoms with Crippen LogP contribution in [0.15, 0.2) is 11.6 Å². The number of ether oxygens (including phenoxy) is 2. The molecule has 0 saturated heterocycles. The van der Waals surface area contributed by atoms with Crippen molar-refractivity contribution >= 4 is 17.7 Å². The first-order valence-electron chi connectivity index (χ1n) is 13.2. The van der Waals surface area contributed by atoms with Crippen LogP contribution in [0.4, 0.5) is 4.79 Å². The fourth-order valence-electron chi connectivity index (χ4n) is 8.01. The molecule has 7 atom stereocenters. The van der Waals surface area contributed by atoms with Gasteiger partial charge in [-0.25, -0.2) is 4.79 Å². The quantitative estimate of drug-likeness (QED) is 0.348. The lowest BCUT2D eigenvalue weighted by atomic mass is 9.45. The Morgan fingerprint density at radius 1 is 1.11 bits per heavy atom. The zero-order chi connectivity index (χ0) is 25.4. The molecule has 0 aliphatic heterocycles. The minimum atomic E-state index is -1.66. The highest BCUT2D eigenvalue weighted by Gasteiger charge is 2.68. The van der Waals surface area contributed by atoms with E-state index in [4.69, 9.17) is 15.2 Å². The lowest BCUT2D eigenvalue weighted by molar-refractivity contribution is -0.182. The maximum Gasteiger partial charge on any atom is 0.508 e. The summed E-state index contributed by atoms with van der Waals surface area (Å²) in [5.74, 6) is -0.104. The SMILES string of the molecule is C[C@]12CCC(=O)C=C1CC[C@@H]1[C@@H]2[C@@H](O)C[C@@]2(C)[C@H]1CC[C@]2(O)C(=O)COC(=O)OCCCCCN. The molecular formula is C27H41NO7. The largest absolute Gasteiger partial charge is 0.508 e. The van der Waals surface area contributed by atoms with E-state index in [1.54, 1.807) is 6.08 Å². The number of rotatable bonds is 8. The molecule has 4 N–H and O–H groups in total. The lowest BCUT2D eigenvalue weighted by Gasteiger charge is -2.60. The van der Waals surface area contributed by atoms with E-state index < -0.39 is 35.7 Å². The van der Waals surface area contributed by atoms with E-state index in [0.29, 0.717) is 38.6 Å². The number of carbonyl (C=O) groups is 3. The predicted molar refractivity (Wildman–Crippen MR) is 128 cm³/mol. The summed E-state index contributed by atoms with van der Waals surface area (Å²) in [5, 5.41) is 23.1. The average Bonchev–Trinajstić information content (AvgIpc) is 3.08. The van der Waals surface area contributed by atoms with Gasteiger partial charge in [-0.05, 0) is 93.6 Å². The maximum atomic E-state index is 13.2. The van der Waals surface area contributed by atoms with Crippen LogP contribution in [0, 0.1) is 28.6 Å². The van der Waals surface area contributed by atoms with Crippen LogP contribution in [0.5, 0.6) is 0 Å². The van der Waals surface area contributed by atoms with Crippen LogP contribution in [-0.4, -0.2) is 59.4 Å². The van der Waals surface area contributed by atoms with Gasteiger partial charge in [-0.3, -0.25) is 9.59 Å². The highest BCUT2D eigenvalue weighted by Crippen LogP contribution is 2.67. The molecule has 0 heterocycles. The van der Waals surface area contributed by atoms with Crippen molar-refractivity contribution in [1.82, 2.24) is 0 Å². The Kier molecular flexibility index (Phi) is 7.47. The van der Waals surface area contributed by atoms with Crippen molar-refractivity contribution in [2.24, 2.45) is 34.3 Å². The van der Waals surface area contributed by atoms with Crippen molar-refractivity contribution in [3.63, 3.8) is 0 Å². The Bertz CT molecular complexity index is 887. The van der Waals surface area contributed by atoms with Gasteiger partial charge in [0.1, 0.15) is 5.60 Å². The summed E-state index contributed by atoms with van der Waals surface area (Å²) in [4.78, 5) is 37.2. The molecule has 3 fully saturated rings. The molecule has 4 rings (SSSR count). The first-order valence-corrected chi connectivity index (χ1v) is 13.2. The van der Waals surface area contributed by atoms with E-state index in [0.717, 1.165) is 37.7 Å². The molecule has 0 aromatic carbocycles. The highest BCUT2D eigenvalue weighted by molar-refractivity contribution is 5.92. The summed E-state index contributed by atoms with van der Waals surface area (Å²) in [6, 6.07) is 0. The molecule has 3 saturated carbocycles. The minimum Gasteiger partial charge on any atom is -0.434 e. The van der Waals surface area contributed by atoms with Gasteiger partial charge in [-0.2, -0.15) is 0 Å². The summed E-state index contributed by atoms with van der Waals surface area (Å²) in [6.45, 7) is 4.33. The Morgan fingerprint density at radius 2 is 1.89 bits per heavy atom. The van der Waals surface area contributed by atoms with Crippen LogP contribution in [0.25, 0.3) is 0 Å². The maximum absolute atomic E-state index is 13.2. The number of unbranched alkanes of at least 4 members (excludes halogenated alkanes) is 2. The molecule has 8 nitrogen and oxygen atoms in total. The van der Waals surface area contributed by atoms with Crippen molar-refractivity contribution in [3.8, 4) is 0 Å². The van der Waals surface area contributed by atoms with Crippen LogP contribution >= 0.6 is 0 Å². The van der Waals surface area contributed by atoms with Gasteiger partial charge in [0.05, 0.1) is 12.7 Å². The summed E-state index contributed by atoms with van der Waals surface area (Å²) >= 11 is 0. The molecule has 0 unspecified atom stereocenters. The Morgan fingerprint density at radius 3 is 2.63 bits per heavy atom. The van der Waals surface area contributed by atoms with Gasteiger partial charge < -0.3 is 25.4 Å². The van der Waals surface area contributed by atoms with Gasteiger partial charge in [0.15, 0.2) is 12.4 Å². The standard InChI is InChI=1S/C27H41NO7/c1-25-10-8-18(29)14-17(25)6-7-19-20-9-11-27(33,26(20,2)15-21(30)23(19)25)22(31)16-35-24(32)34-13-5-3-4-12-28/h14,19-21,23,30,33H,3-13,15-16,28H2,1-2H3/t19-,20-,21-,23+,25-,26-,27-/m0/s1. The van der Waals surface area contributed by atoms with E-state index >= 15 is 0 Å². The molecule has 4 aliphatic carbocycles. The van der Waals surface area contributed by atoms with Crippen LogP contribution in [0.3, 0.4) is 0 Å². The number of hydrogen-bond donors (Lipinski definition) is 3. The molecule has 0 aromatic heterocycles. The van der Waals surface area contributed by atoms with Gasteiger partial charge in [0.2, 0.25) is 5.78 Å². The molecule has 196 valence electrons. The fraction of sp³-hybridized carbons (Fsp3) is 0.815. The smallest absolute Gasteiger partial charge is 0.434 e. The number of aliphatic hydroxyl groups is 2. The summed E-state index contributed by atoms with van der Waals surface area (Å²) < 4.78 is 10.1. The van der Waals surface area contributed by atoms with E-state index in [1.807, 2.05) is 6.92 Å². The van der Waals surface area contributed by atoms with Gasteiger partial charge in [-0.15, -0.1) is 0 Å². The first-order chi connectivity index (χ1) is 16.6. The molecule has 0 spiro atoms. The van der Waals surface area contributed by atoms with Crippen molar-refractivity contribution in [3.05, 3.63) is 11.6 Å². The Hall–Kier alpha value is -1.77. The second kappa shape index (κ2) is 9.94. The number of fused-ring (bicyclic) bond motifs is 5.